The smallest absolute Gasteiger partial charge is 0.251 e. The molecule has 2 heterocycles. The van der Waals surface area contributed by atoms with Gasteiger partial charge in [-0.15, -0.1) is 20.4 Å². The van der Waals surface area contributed by atoms with Gasteiger partial charge in [-0.05, 0) is 49.4 Å². The predicted molar refractivity (Wildman–Crippen MR) is 123 cm³/mol. The molecule has 0 aliphatic rings. The molecule has 2 aromatic carbocycles. The van der Waals surface area contributed by atoms with Crippen molar-refractivity contribution >= 4 is 40.0 Å². The number of carbonyl (C=O) groups is 2. The van der Waals surface area contributed by atoms with Crippen molar-refractivity contribution < 1.29 is 18.4 Å². The molecule has 4 aromatic rings. The summed E-state index contributed by atoms with van der Waals surface area (Å²) in [5.74, 6) is -1.39. The number of nitrogens with one attached hydrogen (secondary N) is 2. The van der Waals surface area contributed by atoms with E-state index < -0.39 is 17.5 Å². The van der Waals surface area contributed by atoms with Gasteiger partial charge in [0.25, 0.3) is 5.91 Å². The molecule has 0 saturated carbocycles. The maximum atomic E-state index is 13.5. The van der Waals surface area contributed by atoms with Crippen LogP contribution in [0.15, 0.2) is 53.7 Å². The van der Waals surface area contributed by atoms with Crippen LogP contribution in [0.4, 0.5) is 13.9 Å². The molecule has 9 nitrogen and oxygen atoms in total. The van der Waals surface area contributed by atoms with E-state index in [0.29, 0.717) is 21.8 Å². The minimum absolute atomic E-state index is 0.00755. The highest BCUT2D eigenvalue weighted by molar-refractivity contribution is 7.99. The van der Waals surface area contributed by atoms with E-state index in [1.807, 2.05) is 0 Å². The number of nitrogens with zero attached hydrogens (tertiary/aromatic N) is 5. The molecule has 0 aliphatic carbocycles. The van der Waals surface area contributed by atoms with Gasteiger partial charge < -0.3 is 5.32 Å². The number of hydrogen-bond donors (Lipinski definition) is 2. The largest absolute Gasteiger partial charge is 0.345 e. The van der Waals surface area contributed by atoms with Crippen LogP contribution in [0.25, 0.3) is 5.69 Å². The monoisotopic (exact) mass is 501 g/mol. The number of aryl methyl sites for hydroxylation is 1. The third kappa shape index (κ3) is 5.80. The Bertz CT molecular complexity index is 1320. The zero-order valence-electron chi connectivity index (χ0n) is 17.7. The van der Waals surface area contributed by atoms with E-state index in [2.05, 4.69) is 31.0 Å². The Morgan fingerprint density at radius 1 is 1.03 bits per heavy atom. The molecular formula is C21H17F2N7O2S2. The molecule has 2 aromatic heterocycles. The molecule has 0 saturated heterocycles. The van der Waals surface area contributed by atoms with Crippen LogP contribution >= 0.6 is 23.1 Å². The first-order valence-electron chi connectivity index (χ1n) is 9.86. The Balaban J connectivity index is 1.50. The van der Waals surface area contributed by atoms with Crippen molar-refractivity contribution in [1.29, 1.82) is 0 Å². The first-order valence-corrected chi connectivity index (χ1v) is 11.7. The lowest BCUT2D eigenvalue weighted by Gasteiger charge is -2.11. The van der Waals surface area contributed by atoms with Gasteiger partial charge in [0.1, 0.15) is 16.6 Å². The first-order chi connectivity index (χ1) is 16.4. The highest BCUT2D eigenvalue weighted by Gasteiger charge is 2.18. The second kappa shape index (κ2) is 10.5. The van der Waals surface area contributed by atoms with Gasteiger partial charge in [-0.1, -0.05) is 29.2 Å². The van der Waals surface area contributed by atoms with Crippen molar-refractivity contribution in [2.45, 2.75) is 18.6 Å². The fourth-order valence-electron chi connectivity index (χ4n) is 2.88. The van der Waals surface area contributed by atoms with Gasteiger partial charge in [0.2, 0.25) is 11.0 Å². The summed E-state index contributed by atoms with van der Waals surface area (Å²) in [5.41, 5.74) is 0.704. The maximum absolute atomic E-state index is 13.5. The van der Waals surface area contributed by atoms with Crippen LogP contribution < -0.4 is 10.6 Å². The number of amides is 2. The summed E-state index contributed by atoms with van der Waals surface area (Å²) >= 11 is 2.37. The van der Waals surface area contributed by atoms with Gasteiger partial charge in [0, 0.05) is 11.3 Å². The predicted octanol–water partition coefficient (Wildman–Crippen LogP) is 3.37. The SMILES string of the molecule is Cc1nnc(NC(=O)CSc2nnc(CNC(=O)c3cccc(F)c3)n2-c2ccc(F)cc2)s1. The number of aromatic nitrogens is 5. The maximum Gasteiger partial charge on any atom is 0.251 e. The van der Waals surface area contributed by atoms with Gasteiger partial charge in [-0.3, -0.25) is 19.5 Å². The molecule has 2 N–H and O–H groups in total. The number of benzene rings is 2. The Morgan fingerprint density at radius 3 is 2.53 bits per heavy atom. The second-order valence-electron chi connectivity index (χ2n) is 6.87. The highest BCUT2D eigenvalue weighted by Crippen LogP contribution is 2.23. The molecule has 4 rings (SSSR count). The highest BCUT2D eigenvalue weighted by atomic mass is 32.2. The summed E-state index contributed by atoms with van der Waals surface area (Å²) in [7, 11) is 0. The van der Waals surface area contributed by atoms with Crippen LogP contribution in [0.1, 0.15) is 21.2 Å². The van der Waals surface area contributed by atoms with Crippen LogP contribution in [-0.2, 0) is 11.3 Å². The molecule has 0 unspecified atom stereocenters. The van der Waals surface area contributed by atoms with Crippen LogP contribution in [-0.4, -0.2) is 42.5 Å². The normalized spacial score (nSPS) is 10.8. The summed E-state index contributed by atoms with van der Waals surface area (Å²) in [6.07, 6.45) is 0. The number of halogens is 2. The number of hydrogen-bond acceptors (Lipinski definition) is 8. The molecule has 174 valence electrons. The summed E-state index contributed by atoms with van der Waals surface area (Å²) in [5, 5.41) is 22.8. The van der Waals surface area contributed by atoms with Crippen LogP contribution in [0, 0.1) is 18.6 Å². The van der Waals surface area contributed by atoms with Crippen molar-refractivity contribution in [3.63, 3.8) is 0 Å². The number of carbonyl (C=O) groups excluding carboxylic acids is 2. The number of anilines is 1. The van der Waals surface area contributed by atoms with Gasteiger partial charge in [0.05, 0.1) is 12.3 Å². The van der Waals surface area contributed by atoms with Crippen molar-refractivity contribution in [2.24, 2.45) is 0 Å². The van der Waals surface area contributed by atoms with Crippen LogP contribution in [0.2, 0.25) is 0 Å². The van der Waals surface area contributed by atoms with Gasteiger partial charge in [-0.25, -0.2) is 8.78 Å². The molecule has 2 amide bonds. The number of thioether (sulfide) groups is 1. The third-order valence-corrected chi connectivity index (χ3v) is 6.07. The van der Waals surface area contributed by atoms with E-state index >= 15 is 0 Å². The molecule has 13 heteroatoms. The van der Waals surface area contributed by atoms with E-state index in [-0.39, 0.29) is 23.8 Å². The molecular weight excluding hydrogens is 484 g/mol. The van der Waals surface area contributed by atoms with E-state index in [4.69, 9.17) is 0 Å². The Hall–Kier alpha value is -3.71. The number of rotatable bonds is 8. The fourth-order valence-corrected chi connectivity index (χ4v) is 4.26. The molecule has 0 aliphatic heterocycles. The summed E-state index contributed by atoms with van der Waals surface area (Å²) in [4.78, 5) is 24.7. The Morgan fingerprint density at radius 2 is 1.82 bits per heavy atom. The summed E-state index contributed by atoms with van der Waals surface area (Å²) in [6.45, 7) is 1.75. The van der Waals surface area contributed by atoms with E-state index in [1.165, 1.54) is 53.8 Å². The first kappa shape index (κ1) is 23.4. The molecule has 0 bridgehead atoms. The zero-order chi connectivity index (χ0) is 24.1. The minimum atomic E-state index is -0.525. The van der Waals surface area contributed by atoms with Crippen LogP contribution in [0.5, 0.6) is 0 Å². The molecule has 0 atom stereocenters. The third-order valence-electron chi connectivity index (χ3n) is 4.38. The average molecular weight is 502 g/mol. The zero-order valence-corrected chi connectivity index (χ0v) is 19.3. The van der Waals surface area contributed by atoms with Crippen molar-refractivity contribution in [3.8, 4) is 5.69 Å². The Labute approximate surface area is 200 Å². The molecule has 34 heavy (non-hydrogen) atoms. The molecule has 0 fully saturated rings. The fraction of sp³-hybridized carbons (Fsp3) is 0.143. The van der Waals surface area contributed by atoms with E-state index in [9.17, 15) is 18.4 Å². The molecule has 0 radical (unpaired) electrons. The quantitative estimate of drug-likeness (QED) is 0.356. The van der Waals surface area contributed by atoms with Crippen molar-refractivity contribution in [3.05, 3.63) is 76.6 Å². The topological polar surface area (TPSA) is 115 Å². The lowest BCUT2D eigenvalue weighted by atomic mass is 10.2. The lowest BCUT2D eigenvalue weighted by Crippen LogP contribution is -2.24. The Kier molecular flexibility index (Phi) is 7.23. The van der Waals surface area contributed by atoms with Gasteiger partial charge in [0.15, 0.2) is 11.0 Å². The standard InChI is InChI=1S/C21H17F2N7O2S2/c1-12-26-28-20(34-12)25-18(31)11-33-21-29-27-17(30(21)16-7-5-14(22)6-8-16)10-24-19(32)13-3-2-4-15(23)9-13/h2-9H,10-11H2,1H3,(H,24,32)(H,25,28,31). The minimum Gasteiger partial charge on any atom is -0.345 e. The van der Waals surface area contributed by atoms with Gasteiger partial charge in [-0.2, -0.15) is 0 Å². The van der Waals surface area contributed by atoms with Crippen molar-refractivity contribution in [1.82, 2.24) is 30.3 Å². The molecule has 0 spiro atoms. The van der Waals surface area contributed by atoms with E-state index in [1.54, 1.807) is 11.5 Å². The van der Waals surface area contributed by atoms with E-state index in [0.717, 1.165) is 22.8 Å². The van der Waals surface area contributed by atoms with Gasteiger partial charge >= 0.3 is 0 Å². The lowest BCUT2D eigenvalue weighted by molar-refractivity contribution is -0.113. The van der Waals surface area contributed by atoms with Crippen LogP contribution in [0.3, 0.4) is 0 Å². The summed E-state index contributed by atoms with van der Waals surface area (Å²) < 4.78 is 28.5. The second-order valence-corrected chi connectivity index (χ2v) is 8.99. The summed E-state index contributed by atoms with van der Waals surface area (Å²) in [6, 6.07) is 10.9. The van der Waals surface area contributed by atoms with Crippen molar-refractivity contribution in [2.75, 3.05) is 11.1 Å². The average Bonchev–Trinajstić information content (AvgIpc) is 3.42.